The average molecular weight is 556 g/mol. The summed E-state index contributed by atoms with van der Waals surface area (Å²) < 4.78 is 7.72. The fourth-order valence-corrected chi connectivity index (χ4v) is 5.97. The number of ether oxygens (including phenoxy) is 1. The van der Waals surface area contributed by atoms with Gasteiger partial charge in [-0.25, -0.2) is 9.79 Å². The molecule has 2 heterocycles. The van der Waals surface area contributed by atoms with Gasteiger partial charge in [-0.2, -0.15) is 0 Å². The molecular weight excluding hydrogens is 526 g/mol. The van der Waals surface area contributed by atoms with E-state index in [4.69, 9.17) is 9.73 Å². The standard InChI is InChI=1S/C31H29N3O3S2/c1-5-37-30(36)26-27(21-9-7-6-8-10-21)32-31-34(28(26)22-13-17-24(38-4)18-14-22)29(35)25(39-31)19-20-11-15-23(16-12-20)33(2)3/h6-19,28H,5H2,1-4H3/b25-19-/t28-/m0/s1. The molecule has 0 spiro atoms. The van der Waals surface area contributed by atoms with Gasteiger partial charge in [-0.15, -0.1) is 11.8 Å². The van der Waals surface area contributed by atoms with E-state index in [1.54, 1.807) is 23.3 Å². The van der Waals surface area contributed by atoms with Crippen LogP contribution in [0.1, 0.15) is 29.7 Å². The third-order valence-corrected chi connectivity index (χ3v) is 8.24. The number of carbonyl (C=O) groups is 1. The van der Waals surface area contributed by atoms with Crippen molar-refractivity contribution < 1.29 is 9.53 Å². The minimum atomic E-state index is -0.676. The highest BCUT2D eigenvalue weighted by atomic mass is 32.2. The summed E-state index contributed by atoms with van der Waals surface area (Å²) in [7, 11) is 3.98. The Bertz CT molecular complexity index is 1700. The number of nitrogens with zero attached hydrogens (tertiary/aromatic N) is 3. The number of thiazole rings is 1. The van der Waals surface area contributed by atoms with E-state index in [9.17, 15) is 9.59 Å². The zero-order valence-corrected chi connectivity index (χ0v) is 23.9. The van der Waals surface area contributed by atoms with Crippen molar-refractivity contribution in [3.63, 3.8) is 0 Å². The Morgan fingerprint density at radius 1 is 1.05 bits per heavy atom. The van der Waals surface area contributed by atoms with Crippen molar-refractivity contribution in [3.05, 3.63) is 121 Å². The fourth-order valence-electron chi connectivity index (χ4n) is 4.56. The van der Waals surface area contributed by atoms with Gasteiger partial charge in [0.2, 0.25) is 0 Å². The van der Waals surface area contributed by atoms with Crippen molar-refractivity contribution in [1.82, 2.24) is 4.57 Å². The molecule has 1 aliphatic heterocycles. The van der Waals surface area contributed by atoms with Gasteiger partial charge in [-0.3, -0.25) is 9.36 Å². The molecular formula is C31H29N3O3S2. The van der Waals surface area contributed by atoms with Crippen LogP contribution in [-0.4, -0.2) is 37.5 Å². The van der Waals surface area contributed by atoms with Crippen LogP contribution in [0, 0.1) is 0 Å². The van der Waals surface area contributed by atoms with Gasteiger partial charge in [0.25, 0.3) is 5.56 Å². The zero-order valence-electron chi connectivity index (χ0n) is 22.3. The molecule has 0 unspecified atom stereocenters. The Balaban J connectivity index is 1.77. The molecule has 0 bridgehead atoms. The molecule has 8 heteroatoms. The number of thioether (sulfide) groups is 1. The highest BCUT2D eigenvalue weighted by Gasteiger charge is 2.35. The average Bonchev–Trinajstić information content (AvgIpc) is 3.27. The summed E-state index contributed by atoms with van der Waals surface area (Å²) in [5, 5.41) is 0. The molecule has 0 N–H and O–H groups in total. The predicted octanol–water partition coefficient (Wildman–Crippen LogP) is 4.72. The zero-order chi connectivity index (χ0) is 27.5. The number of benzene rings is 3. The highest BCUT2D eigenvalue weighted by molar-refractivity contribution is 7.98. The summed E-state index contributed by atoms with van der Waals surface area (Å²) in [6, 6.07) is 24.9. The first-order chi connectivity index (χ1) is 18.9. The van der Waals surface area contributed by atoms with Gasteiger partial charge in [-0.05, 0) is 54.6 Å². The van der Waals surface area contributed by atoms with Crippen LogP contribution in [-0.2, 0) is 9.53 Å². The van der Waals surface area contributed by atoms with Crippen molar-refractivity contribution in [3.8, 4) is 0 Å². The number of hydrogen-bond donors (Lipinski definition) is 0. The summed E-state index contributed by atoms with van der Waals surface area (Å²) in [6.45, 7) is 2.00. The number of aromatic nitrogens is 1. The van der Waals surface area contributed by atoms with E-state index in [1.807, 2.05) is 110 Å². The minimum absolute atomic E-state index is 0.191. The number of fused-ring (bicyclic) bond motifs is 1. The third-order valence-electron chi connectivity index (χ3n) is 6.51. The molecule has 3 aromatic carbocycles. The molecule has 0 saturated heterocycles. The topological polar surface area (TPSA) is 63.9 Å². The van der Waals surface area contributed by atoms with Crippen LogP contribution >= 0.6 is 23.1 Å². The first-order valence-corrected chi connectivity index (χ1v) is 14.6. The number of anilines is 1. The number of carbonyl (C=O) groups excluding carboxylic acids is 1. The molecule has 0 radical (unpaired) electrons. The Hall–Kier alpha value is -3.88. The van der Waals surface area contributed by atoms with Crippen LogP contribution in [0.3, 0.4) is 0 Å². The maximum atomic E-state index is 14.0. The lowest BCUT2D eigenvalue weighted by atomic mass is 9.93. The first-order valence-electron chi connectivity index (χ1n) is 12.6. The summed E-state index contributed by atoms with van der Waals surface area (Å²) in [6.07, 6.45) is 3.90. The van der Waals surface area contributed by atoms with E-state index in [2.05, 4.69) is 0 Å². The van der Waals surface area contributed by atoms with Crippen molar-refractivity contribution in [2.75, 3.05) is 31.9 Å². The van der Waals surface area contributed by atoms with Gasteiger partial charge in [0.05, 0.1) is 28.5 Å². The maximum Gasteiger partial charge on any atom is 0.338 e. The van der Waals surface area contributed by atoms with Gasteiger partial charge in [-0.1, -0.05) is 65.9 Å². The largest absolute Gasteiger partial charge is 0.463 e. The summed E-state index contributed by atoms with van der Waals surface area (Å²) in [5.74, 6) is -0.479. The minimum Gasteiger partial charge on any atom is -0.463 e. The van der Waals surface area contributed by atoms with Crippen LogP contribution in [0.5, 0.6) is 0 Å². The van der Waals surface area contributed by atoms with Crippen LogP contribution in [0.2, 0.25) is 0 Å². The number of hydrogen-bond acceptors (Lipinski definition) is 7. The summed E-state index contributed by atoms with van der Waals surface area (Å²) in [4.78, 5) is 36.1. The molecule has 4 aromatic rings. The van der Waals surface area contributed by atoms with Crippen LogP contribution in [0.4, 0.5) is 5.69 Å². The van der Waals surface area contributed by atoms with Gasteiger partial charge < -0.3 is 9.64 Å². The normalized spacial score (nSPS) is 15.1. The summed E-state index contributed by atoms with van der Waals surface area (Å²) >= 11 is 2.96. The van der Waals surface area contributed by atoms with E-state index >= 15 is 0 Å². The van der Waals surface area contributed by atoms with E-state index in [-0.39, 0.29) is 12.2 Å². The van der Waals surface area contributed by atoms with Gasteiger partial charge in [0.1, 0.15) is 0 Å². The highest BCUT2D eigenvalue weighted by Crippen LogP contribution is 2.35. The van der Waals surface area contributed by atoms with E-state index in [0.717, 1.165) is 27.3 Å². The van der Waals surface area contributed by atoms with Gasteiger partial charge in [0.15, 0.2) is 4.80 Å². The lowest BCUT2D eigenvalue weighted by Gasteiger charge is -2.26. The lowest BCUT2D eigenvalue weighted by Crippen LogP contribution is -2.40. The Labute approximate surface area is 235 Å². The molecule has 0 amide bonds. The van der Waals surface area contributed by atoms with Crippen molar-refractivity contribution >= 4 is 46.5 Å². The molecule has 0 aliphatic carbocycles. The molecule has 1 aromatic heterocycles. The predicted molar refractivity (Wildman–Crippen MR) is 160 cm³/mol. The molecule has 198 valence electrons. The molecule has 0 fully saturated rings. The second-order valence-corrected chi connectivity index (χ2v) is 11.1. The van der Waals surface area contributed by atoms with Crippen LogP contribution < -0.4 is 19.8 Å². The van der Waals surface area contributed by atoms with Crippen LogP contribution in [0.25, 0.3) is 11.8 Å². The molecule has 1 aliphatic rings. The second kappa shape index (κ2) is 11.5. The smallest absolute Gasteiger partial charge is 0.338 e. The van der Waals surface area contributed by atoms with Crippen LogP contribution in [0.15, 0.2) is 99.1 Å². The van der Waals surface area contributed by atoms with Crippen molar-refractivity contribution in [1.29, 1.82) is 0 Å². The number of esters is 1. The van der Waals surface area contributed by atoms with E-state index in [1.165, 1.54) is 11.3 Å². The Kier molecular flexibility index (Phi) is 7.86. The third kappa shape index (κ3) is 5.35. The van der Waals surface area contributed by atoms with E-state index < -0.39 is 12.0 Å². The molecule has 39 heavy (non-hydrogen) atoms. The molecule has 1 atom stereocenters. The quantitative estimate of drug-likeness (QED) is 0.244. The number of rotatable bonds is 7. The summed E-state index contributed by atoms with van der Waals surface area (Å²) in [5.41, 5.74) is 4.30. The van der Waals surface area contributed by atoms with Gasteiger partial charge in [0, 0.05) is 30.2 Å². The Morgan fingerprint density at radius 3 is 2.36 bits per heavy atom. The Morgan fingerprint density at radius 2 is 1.74 bits per heavy atom. The van der Waals surface area contributed by atoms with Crippen molar-refractivity contribution in [2.24, 2.45) is 4.99 Å². The first kappa shape index (κ1) is 26.7. The maximum absolute atomic E-state index is 14.0. The van der Waals surface area contributed by atoms with Crippen molar-refractivity contribution in [2.45, 2.75) is 17.9 Å². The van der Waals surface area contributed by atoms with E-state index in [0.29, 0.717) is 20.6 Å². The SMILES string of the molecule is CCOC(=O)C1=C(c2ccccc2)N=c2s/c(=C\c3ccc(N(C)C)cc3)c(=O)n2[C@H]1c1ccc(SC)cc1. The molecule has 5 rings (SSSR count). The molecule has 6 nitrogen and oxygen atoms in total. The fraction of sp³-hybridized carbons (Fsp3) is 0.194. The second-order valence-electron chi connectivity index (χ2n) is 9.19. The monoisotopic (exact) mass is 555 g/mol. The van der Waals surface area contributed by atoms with Gasteiger partial charge >= 0.3 is 5.97 Å². The molecule has 0 saturated carbocycles. The lowest BCUT2D eigenvalue weighted by molar-refractivity contribution is -0.138.